The average Bonchev–Trinajstić information content (AvgIpc) is 3.39. The van der Waals surface area contributed by atoms with Crippen molar-refractivity contribution in [2.75, 3.05) is 32.8 Å². The fourth-order valence-electron chi connectivity index (χ4n) is 6.09. The van der Waals surface area contributed by atoms with Crippen molar-refractivity contribution in [2.45, 2.75) is 76.0 Å². The Kier molecular flexibility index (Phi) is 5.92. The summed E-state index contributed by atoms with van der Waals surface area (Å²) in [5, 5.41) is 0. The molecule has 0 spiro atoms. The highest BCUT2D eigenvalue weighted by atomic mass is 16.7. The second kappa shape index (κ2) is 8.57. The van der Waals surface area contributed by atoms with Crippen LogP contribution in [0, 0.1) is 17.8 Å². The molecular weight excluding hydrogens is 418 g/mol. The third-order valence-electron chi connectivity index (χ3n) is 7.96. The van der Waals surface area contributed by atoms with Crippen LogP contribution in [-0.4, -0.2) is 85.7 Å². The summed E-state index contributed by atoms with van der Waals surface area (Å²) < 4.78 is 28.7. The number of nitrogens with zero attached hydrogens (tertiary/aromatic N) is 1. The lowest BCUT2D eigenvalue weighted by atomic mass is 9.75. The van der Waals surface area contributed by atoms with E-state index in [1.54, 1.807) is 0 Å². The first kappa shape index (κ1) is 22.1. The number of morpholine rings is 1. The number of hydrogen-bond acceptors (Lipinski definition) is 9. The molecule has 4 heterocycles. The van der Waals surface area contributed by atoms with Crippen molar-refractivity contribution in [2.24, 2.45) is 17.8 Å². The summed E-state index contributed by atoms with van der Waals surface area (Å²) >= 11 is 0. The minimum absolute atomic E-state index is 0.132. The predicted molar refractivity (Wildman–Crippen MR) is 109 cm³/mol. The highest BCUT2D eigenvalue weighted by molar-refractivity contribution is 5.87. The zero-order valence-corrected chi connectivity index (χ0v) is 18.8. The minimum atomic E-state index is -0.801. The molecule has 2 bridgehead atoms. The van der Waals surface area contributed by atoms with Crippen LogP contribution in [0.25, 0.3) is 0 Å². The molecule has 0 aromatic heterocycles. The second-order valence-corrected chi connectivity index (χ2v) is 10.1. The van der Waals surface area contributed by atoms with Gasteiger partial charge in [-0.25, -0.2) is 0 Å². The molecule has 1 saturated carbocycles. The van der Waals surface area contributed by atoms with E-state index in [4.69, 9.17) is 23.7 Å². The van der Waals surface area contributed by atoms with Gasteiger partial charge in [-0.3, -0.25) is 19.3 Å². The minimum Gasteiger partial charge on any atom is -0.458 e. The lowest BCUT2D eigenvalue weighted by molar-refractivity contribution is -0.182. The van der Waals surface area contributed by atoms with Crippen molar-refractivity contribution < 1.29 is 38.1 Å². The molecule has 0 aromatic carbocycles. The first-order valence-electron chi connectivity index (χ1n) is 12.0. The van der Waals surface area contributed by atoms with Gasteiger partial charge in [0.1, 0.15) is 29.6 Å². The lowest BCUT2D eigenvalue weighted by Gasteiger charge is -2.41. The fraction of sp³-hybridized carbons (Fsp3) is 0.870. The van der Waals surface area contributed by atoms with Gasteiger partial charge in [0.05, 0.1) is 19.8 Å². The standard InChI is InChI=1S/C23H33NO8/c1-13(2)23(6-4-3-5-7-23)32-22(27)16-15-17-20(31-21(15)26)19(18(16)30-17)29-14(25)12-24-8-10-28-11-9-24/h13,15-20H,3-12H2,1-2H3. The molecule has 0 aromatic rings. The highest BCUT2D eigenvalue weighted by Gasteiger charge is 2.72. The molecule has 4 saturated heterocycles. The van der Waals surface area contributed by atoms with Crippen LogP contribution in [-0.2, 0) is 38.1 Å². The van der Waals surface area contributed by atoms with Crippen LogP contribution in [0.2, 0.25) is 0 Å². The van der Waals surface area contributed by atoms with E-state index in [0.717, 1.165) is 32.1 Å². The van der Waals surface area contributed by atoms with E-state index in [0.29, 0.717) is 26.3 Å². The number of fused-ring (bicyclic) bond motifs is 1. The molecule has 6 atom stereocenters. The van der Waals surface area contributed by atoms with Crippen LogP contribution in [0.5, 0.6) is 0 Å². The molecule has 5 fully saturated rings. The second-order valence-electron chi connectivity index (χ2n) is 10.1. The maximum Gasteiger partial charge on any atom is 0.320 e. The molecule has 9 nitrogen and oxygen atoms in total. The average molecular weight is 452 g/mol. The van der Waals surface area contributed by atoms with E-state index in [1.807, 2.05) is 4.90 Å². The topological polar surface area (TPSA) is 101 Å². The number of ether oxygens (including phenoxy) is 5. The predicted octanol–water partition coefficient (Wildman–Crippen LogP) is 1.07. The highest BCUT2D eigenvalue weighted by Crippen LogP contribution is 2.52. The molecule has 0 radical (unpaired) electrons. The number of rotatable bonds is 6. The van der Waals surface area contributed by atoms with Crippen molar-refractivity contribution in [3.05, 3.63) is 0 Å². The zero-order valence-electron chi connectivity index (χ0n) is 18.8. The Hall–Kier alpha value is -1.71. The van der Waals surface area contributed by atoms with E-state index in [2.05, 4.69) is 13.8 Å². The SMILES string of the molecule is CC(C)C1(OC(=O)C2C3OC4C(OC(=O)C42)C3OC(=O)CN2CCOCC2)CCCCC1. The van der Waals surface area contributed by atoms with Crippen molar-refractivity contribution >= 4 is 17.9 Å². The Morgan fingerprint density at radius 2 is 1.81 bits per heavy atom. The summed E-state index contributed by atoms with van der Waals surface area (Å²) in [5.74, 6) is -2.60. The van der Waals surface area contributed by atoms with E-state index in [9.17, 15) is 14.4 Å². The summed E-state index contributed by atoms with van der Waals surface area (Å²) in [6.45, 7) is 6.77. The van der Waals surface area contributed by atoms with E-state index in [-0.39, 0.29) is 12.5 Å². The largest absolute Gasteiger partial charge is 0.458 e. The number of carbonyl (C=O) groups excluding carboxylic acids is 3. The Bertz CT molecular complexity index is 757. The molecular formula is C23H33NO8. The van der Waals surface area contributed by atoms with Gasteiger partial charge in [0.15, 0.2) is 12.2 Å². The normalized spacial score (nSPS) is 38.0. The summed E-state index contributed by atoms with van der Waals surface area (Å²) in [7, 11) is 0. The molecule has 0 amide bonds. The summed E-state index contributed by atoms with van der Waals surface area (Å²) in [6, 6.07) is 0. The Morgan fingerprint density at radius 3 is 2.50 bits per heavy atom. The van der Waals surface area contributed by atoms with Gasteiger partial charge >= 0.3 is 17.9 Å². The fourth-order valence-corrected chi connectivity index (χ4v) is 6.09. The number of hydrogen-bond donors (Lipinski definition) is 0. The van der Waals surface area contributed by atoms with E-state index in [1.165, 1.54) is 0 Å². The number of carbonyl (C=O) groups is 3. The van der Waals surface area contributed by atoms with E-state index >= 15 is 0 Å². The van der Waals surface area contributed by atoms with Gasteiger partial charge in [-0.05, 0) is 31.6 Å². The quantitative estimate of drug-likeness (QED) is 0.434. The Morgan fingerprint density at radius 1 is 1.09 bits per heavy atom. The van der Waals surface area contributed by atoms with Gasteiger partial charge < -0.3 is 23.7 Å². The lowest BCUT2D eigenvalue weighted by Crippen LogP contribution is -2.51. The molecule has 9 heteroatoms. The van der Waals surface area contributed by atoms with Crippen molar-refractivity contribution in [3.63, 3.8) is 0 Å². The monoisotopic (exact) mass is 451 g/mol. The number of esters is 3. The maximum atomic E-state index is 13.4. The van der Waals surface area contributed by atoms with Gasteiger partial charge in [0.25, 0.3) is 0 Å². The summed E-state index contributed by atoms with van der Waals surface area (Å²) in [4.78, 5) is 40.6. The smallest absolute Gasteiger partial charge is 0.320 e. The third kappa shape index (κ3) is 3.72. The zero-order chi connectivity index (χ0) is 22.5. The molecule has 32 heavy (non-hydrogen) atoms. The first-order chi connectivity index (χ1) is 15.4. The maximum absolute atomic E-state index is 13.4. The van der Waals surface area contributed by atoms with Crippen LogP contribution in [0.15, 0.2) is 0 Å². The molecule has 178 valence electrons. The van der Waals surface area contributed by atoms with Crippen LogP contribution < -0.4 is 0 Å². The molecule has 0 N–H and O–H groups in total. The van der Waals surface area contributed by atoms with Gasteiger partial charge in [-0.1, -0.05) is 20.3 Å². The first-order valence-corrected chi connectivity index (χ1v) is 12.0. The molecule has 6 unspecified atom stereocenters. The molecule has 1 aliphatic carbocycles. The third-order valence-corrected chi connectivity index (χ3v) is 7.96. The van der Waals surface area contributed by atoms with Gasteiger partial charge in [-0.2, -0.15) is 0 Å². The van der Waals surface area contributed by atoms with Crippen LogP contribution in [0.4, 0.5) is 0 Å². The van der Waals surface area contributed by atoms with Gasteiger partial charge in [0.2, 0.25) is 0 Å². The Labute approximate surface area is 188 Å². The van der Waals surface area contributed by atoms with Crippen molar-refractivity contribution in [1.29, 1.82) is 0 Å². The summed E-state index contributed by atoms with van der Waals surface area (Å²) in [6.07, 6.45) is 2.13. The van der Waals surface area contributed by atoms with Gasteiger partial charge in [0, 0.05) is 13.1 Å². The molecule has 5 rings (SSSR count). The van der Waals surface area contributed by atoms with E-state index < -0.39 is 59.8 Å². The van der Waals surface area contributed by atoms with Crippen LogP contribution in [0.1, 0.15) is 46.0 Å². The summed E-state index contributed by atoms with van der Waals surface area (Å²) in [5.41, 5.74) is -0.512. The van der Waals surface area contributed by atoms with Crippen molar-refractivity contribution in [3.8, 4) is 0 Å². The van der Waals surface area contributed by atoms with Crippen LogP contribution >= 0.6 is 0 Å². The van der Waals surface area contributed by atoms with Gasteiger partial charge in [-0.15, -0.1) is 0 Å². The molecule has 5 aliphatic rings. The molecule has 4 aliphatic heterocycles. The Balaban J connectivity index is 1.29. The van der Waals surface area contributed by atoms with Crippen LogP contribution in [0.3, 0.4) is 0 Å². The van der Waals surface area contributed by atoms with Crippen molar-refractivity contribution in [1.82, 2.24) is 4.90 Å².